The van der Waals surface area contributed by atoms with E-state index in [1.165, 1.54) is 19.3 Å². The summed E-state index contributed by atoms with van der Waals surface area (Å²) in [4.78, 5) is 12.2. The third-order valence-corrected chi connectivity index (χ3v) is 5.11. The molecule has 5 nitrogen and oxygen atoms in total. The van der Waals surface area contributed by atoms with Gasteiger partial charge in [0.25, 0.3) is 5.91 Å². The molecule has 1 aromatic carbocycles. The summed E-state index contributed by atoms with van der Waals surface area (Å²) in [5.74, 6) is 1.37. The maximum absolute atomic E-state index is 12.2. The van der Waals surface area contributed by atoms with E-state index in [9.17, 15) is 13.2 Å². The first-order valence-corrected chi connectivity index (χ1v) is 9.18. The van der Waals surface area contributed by atoms with Crippen LogP contribution in [0.1, 0.15) is 36.0 Å². The summed E-state index contributed by atoms with van der Waals surface area (Å²) in [5.41, 5.74) is 1.03. The number of nitrogens with one attached hydrogen (secondary N) is 2. The Kier molecular flexibility index (Phi) is 3.65. The third-order valence-electron chi connectivity index (χ3n) is 4.50. The molecular formula is C15H20N2O3S. The largest absolute Gasteiger partial charge is 0.349 e. The van der Waals surface area contributed by atoms with Gasteiger partial charge in [0.15, 0.2) is 0 Å². The molecule has 0 unspecified atom stereocenters. The van der Waals surface area contributed by atoms with Gasteiger partial charge in [0.1, 0.15) is 0 Å². The molecular weight excluding hydrogens is 288 g/mol. The zero-order chi connectivity index (χ0) is 15.0. The Hall–Kier alpha value is -1.56. The first-order valence-electron chi connectivity index (χ1n) is 7.29. The van der Waals surface area contributed by atoms with Gasteiger partial charge in [0.2, 0.25) is 10.0 Å². The van der Waals surface area contributed by atoms with Crippen LogP contribution in [0, 0.1) is 11.8 Å². The minimum absolute atomic E-state index is 0.0709. The first kappa shape index (κ1) is 14.4. The highest BCUT2D eigenvalue weighted by Gasteiger charge is 2.40. The summed E-state index contributed by atoms with van der Waals surface area (Å²) in [7, 11) is -3.29. The number of hydrogen-bond acceptors (Lipinski definition) is 3. The number of rotatable bonds is 4. The Balaban J connectivity index is 1.62. The van der Waals surface area contributed by atoms with Gasteiger partial charge in [-0.25, -0.2) is 8.42 Å². The fourth-order valence-corrected chi connectivity index (χ4v) is 4.14. The number of hydrogen-bond donors (Lipinski definition) is 2. The van der Waals surface area contributed by atoms with Crippen LogP contribution in [0.3, 0.4) is 0 Å². The van der Waals surface area contributed by atoms with Gasteiger partial charge in [-0.1, -0.05) is 6.42 Å². The van der Waals surface area contributed by atoms with Crippen molar-refractivity contribution in [3.05, 3.63) is 29.8 Å². The second kappa shape index (κ2) is 5.33. The topological polar surface area (TPSA) is 75.3 Å². The monoisotopic (exact) mass is 308 g/mol. The lowest BCUT2D eigenvalue weighted by atomic mass is 9.95. The molecule has 0 radical (unpaired) electrons. The highest BCUT2D eigenvalue weighted by molar-refractivity contribution is 7.92. The van der Waals surface area contributed by atoms with Crippen LogP contribution in [0.2, 0.25) is 0 Å². The predicted octanol–water partition coefficient (Wildman–Crippen LogP) is 1.98. The highest BCUT2D eigenvalue weighted by atomic mass is 32.2. The van der Waals surface area contributed by atoms with Crippen LogP contribution in [0.15, 0.2) is 24.3 Å². The molecule has 0 aliphatic heterocycles. The highest BCUT2D eigenvalue weighted by Crippen LogP contribution is 2.44. The molecule has 0 saturated heterocycles. The molecule has 2 aliphatic rings. The zero-order valence-corrected chi connectivity index (χ0v) is 12.8. The van der Waals surface area contributed by atoms with E-state index in [0.717, 1.165) is 18.6 Å². The van der Waals surface area contributed by atoms with Crippen molar-refractivity contribution in [1.82, 2.24) is 5.32 Å². The van der Waals surface area contributed by atoms with Gasteiger partial charge < -0.3 is 5.32 Å². The number of benzene rings is 1. The van der Waals surface area contributed by atoms with E-state index in [0.29, 0.717) is 23.2 Å². The van der Waals surface area contributed by atoms with Gasteiger partial charge in [0, 0.05) is 17.3 Å². The van der Waals surface area contributed by atoms with Gasteiger partial charge in [0.05, 0.1) is 6.26 Å². The predicted molar refractivity (Wildman–Crippen MR) is 81.6 cm³/mol. The van der Waals surface area contributed by atoms with E-state index in [4.69, 9.17) is 0 Å². The first-order chi connectivity index (χ1) is 9.90. The van der Waals surface area contributed by atoms with Crippen molar-refractivity contribution in [3.63, 3.8) is 0 Å². The summed E-state index contributed by atoms with van der Waals surface area (Å²) in [6.07, 6.45) is 5.99. The number of carbonyl (C=O) groups is 1. The molecule has 2 fully saturated rings. The second-order valence-electron chi connectivity index (χ2n) is 6.21. The summed E-state index contributed by atoms with van der Waals surface area (Å²) in [5, 5.41) is 3.12. The van der Waals surface area contributed by atoms with E-state index in [1.54, 1.807) is 24.3 Å². The van der Waals surface area contributed by atoms with Crippen molar-refractivity contribution in [3.8, 4) is 0 Å². The van der Waals surface area contributed by atoms with Crippen molar-refractivity contribution in [2.75, 3.05) is 11.0 Å². The second-order valence-corrected chi connectivity index (χ2v) is 7.95. The quantitative estimate of drug-likeness (QED) is 0.893. The van der Waals surface area contributed by atoms with Crippen LogP contribution < -0.4 is 10.0 Å². The molecule has 3 rings (SSSR count). The lowest BCUT2D eigenvalue weighted by Gasteiger charge is -2.22. The Bertz CT molecular complexity index is 639. The van der Waals surface area contributed by atoms with E-state index < -0.39 is 10.0 Å². The molecule has 21 heavy (non-hydrogen) atoms. The number of carbonyl (C=O) groups excluding carboxylic acids is 1. The van der Waals surface area contributed by atoms with Crippen molar-refractivity contribution in [2.24, 2.45) is 11.8 Å². The van der Waals surface area contributed by atoms with Crippen molar-refractivity contribution in [1.29, 1.82) is 0 Å². The summed E-state index contributed by atoms with van der Waals surface area (Å²) >= 11 is 0. The SMILES string of the molecule is CS(=O)(=O)Nc1ccc(C(=O)N[C@H]2C[C@@H]3CC[C@H]2C3)cc1. The molecule has 2 aliphatic carbocycles. The van der Waals surface area contributed by atoms with Gasteiger partial charge in [-0.3, -0.25) is 9.52 Å². The standard InChI is InChI=1S/C15H20N2O3S/c1-21(19,20)17-13-6-4-11(5-7-13)15(18)16-14-9-10-2-3-12(14)8-10/h4-7,10,12,14,17H,2-3,8-9H2,1H3,(H,16,18)/t10-,12+,14+/m1/s1. The summed E-state index contributed by atoms with van der Waals surface area (Å²) < 4.78 is 24.6. The average Bonchev–Trinajstić information content (AvgIpc) is 3.00. The molecule has 0 heterocycles. The van der Waals surface area contributed by atoms with Crippen LogP contribution in [-0.4, -0.2) is 26.6 Å². The fraction of sp³-hybridized carbons (Fsp3) is 0.533. The minimum Gasteiger partial charge on any atom is -0.349 e. The fourth-order valence-electron chi connectivity index (χ4n) is 3.58. The lowest BCUT2D eigenvalue weighted by Crippen LogP contribution is -2.38. The van der Waals surface area contributed by atoms with Crippen LogP contribution in [0.5, 0.6) is 0 Å². The molecule has 2 N–H and O–H groups in total. The van der Waals surface area contributed by atoms with Gasteiger partial charge in [-0.15, -0.1) is 0 Å². The summed E-state index contributed by atoms with van der Waals surface area (Å²) in [6.45, 7) is 0. The Morgan fingerprint density at radius 2 is 1.86 bits per heavy atom. The number of sulfonamides is 1. The number of fused-ring (bicyclic) bond motifs is 2. The molecule has 0 spiro atoms. The van der Waals surface area contributed by atoms with Gasteiger partial charge in [-0.05, 0) is 55.4 Å². The zero-order valence-electron chi connectivity index (χ0n) is 12.0. The van der Waals surface area contributed by atoms with Gasteiger partial charge >= 0.3 is 0 Å². The minimum atomic E-state index is -3.29. The molecule has 3 atom stereocenters. The van der Waals surface area contributed by atoms with Crippen LogP contribution in [0.25, 0.3) is 0 Å². The van der Waals surface area contributed by atoms with Crippen LogP contribution in [-0.2, 0) is 10.0 Å². The molecule has 2 saturated carbocycles. The number of amides is 1. The van der Waals surface area contributed by atoms with Crippen LogP contribution >= 0.6 is 0 Å². The average molecular weight is 308 g/mol. The van der Waals surface area contributed by atoms with Crippen molar-refractivity contribution < 1.29 is 13.2 Å². The third kappa shape index (κ3) is 3.37. The molecule has 1 amide bonds. The molecule has 6 heteroatoms. The molecule has 114 valence electrons. The van der Waals surface area contributed by atoms with Gasteiger partial charge in [-0.2, -0.15) is 0 Å². The lowest BCUT2D eigenvalue weighted by molar-refractivity contribution is 0.0923. The van der Waals surface area contributed by atoms with Crippen LogP contribution in [0.4, 0.5) is 5.69 Å². The smallest absolute Gasteiger partial charge is 0.251 e. The maximum atomic E-state index is 12.2. The Morgan fingerprint density at radius 1 is 1.14 bits per heavy atom. The number of anilines is 1. The normalized spacial score (nSPS) is 27.6. The van der Waals surface area contributed by atoms with E-state index >= 15 is 0 Å². The van der Waals surface area contributed by atoms with E-state index in [2.05, 4.69) is 10.0 Å². The van der Waals surface area contributed by atoms with E-state index in [-0.39, 0.29) is 5.91 Å². The maximum Gasteiger partial charge on any atom is 0.251 e. The van der Waals surface area contributed by atoms with E-state index in [1.807, 2.05) is 0 Å². The molecule has 2 bridgehead atoms. The summed E-state index contributed by atoms with van der Waals surface area (Å²) in [6, 6.07) is 6.82. The molecule has 1 aromatic rings. The Labute approximate surface area is 125 Å². The van der Waals surface area contributed by atoms with Crippen molar-refractivity contribution >= 4 is 21.6 Å². The molecule has 0 aromatic heterocycles. The Morgan fingerprint density at radius 3 is 2.38 bits per heavy atom. The van der Waals surface area contributed by atoms with Crippen molar-refractivity contribution in [2.45, 2.75) is 31.7 Å².